The average molecular weight is 300 g/mol. The van der Waals surface area contributed by atoms with Crippen molar-refractivity contribution in [3.05, 3.63) is 10.7 Å². The number of halogens is 1. The highest BCUT2D eigenvalue weighted by Gasteiger charge is 2.33. The molecule has 0 aliphatic carbocycles. The van der Waals surface area contributed by atoms with Crippen LogP contribution < -0.4 is 4.74 Å². The zero-order valence-corrected chi connectivity index (χ0v) is 12.0. The second-order valence-electron chi connectivity index (χ2n) is 5.20. The Balaban J connectivity index is 1.84. The molecule has 1 N–H and O–H groups in total. The summed E-state index contributed by atoms with van der Waals surface area (Å²) < 4.78 is 7.02. The molecule has 1 unspecified atom stereocenters. The molecule has 6 nitrogen and oxygen atoms in total. The Morgan fingerprint density at radius 2 is 2.30 bits per heavy atom. The van der Waals surface area contributed by atoms with Gasteiger partial charge in [-0.15, -0.1) is 0 Å². The lowest BCUT2D eigenvalue weighted by Crippen LogP contribution is -2.44. The fourth-order valence-electron chi connectivity index (χ4n) is 2.93. The monoisotopic (exact) mass is 299 g/mol. The summed E-state index contributed by atoms with van der Waals surface area (Å²) in [5, 5.41) is 13.7. The smallest absolute Gasteiger partial charge is 0.276 e. The van der Waals surface area contributed by atoms with Crippen molar-refractivity contribution in [1.82, 2.24) is 14.7 Å². The summed E-state index contributed by atoms with van der Waals surface area (Å²) >= 11 is 6.20. The summed E-state index contributed by atoms with van der Waals surface area (Å²) in [5.41, 5.74) is 0.270. The van der Waals surface area contributed by atoms with E-state index >= 15 is 0 Å². The van der Waals surface area contributed by atoms with E-state index in [2.05, 4.69) is 5.10 Å². The Kier molecular flexibility index (Phi) is 3.85. The molecule has 1 fully saturated rings. The van der Waals surface area contributed by atoms with Crippen molar-refractivity contribution in [2.24, 2.45) is 0 Å². The van der Waals surface area contributed by atoms with Gasteiger partial charge in [0, 0.05) is 19.2 Å². The average Bonchev–Trinajstić information content (AvgIpc) is 3.03. The standard InChI is InChI=1S/C13H18ClN3O3/c14-10-11(15-17-6-8-20-13(10)17)12(19)16-5-2-1-3-9(16)4-7-18/h9,18H,1-8H2. The molecule has 0 radical (unpaired) electrons. The molecule has 0 aromatic carbocycles. The lowest BCUT2D eigenvalue weighted by Gasteiger charge is -2.35. The highest BCUT2D eigenvalue weighted by atomic mass is 35.5. The normalized spacial score (nSPS) is 21.7. The maximum absolute atomic E-state index is 12.6. The molecule has 110 valence electrons. The van der Waals surface area contributed by atoms with E-state index in [-0.39, 0.29) is 24.2 Å². The van der Waals surface area contributed by atoms with Gasteiger partial charge in [0.1, 0.15) is 11.6 Å². The fraction of sp³-hybridized carbons (Fsp3) is 0.692. The quantitative estimate of drug-likeness (QED) is 0.914. The van der Waals surface area contributed by atoms with Crippen LogP contribution in [0.15, 0.2) is 0 Å². The van der Waals surface area contributed by atoms with Crippen LogP contribution in [0.4, 0.5) is 0 Å². The van der Waals surface area contributed by atoms with E-state index < -0.39 is 0 Å². The van der Waals surface area contributed by atoms with Gasteiger partial charge < -0.3 is 14.7 Å². The van der Waals surface area contributed by atoms with Crippen LogP contribution in [0.1, 0.15) is 36.2 Å². The SMILES string of the molecule is O=C(c1nn2c(c1Cl)OCC2)N1CCCCC1CCO. The molecular weight excluding hydrogens is 282 g/mol. The number of fused-ring (bicyclic) bond motifs is 1. The number of aliphatic hydroxyl groups excluding tert-OH is 1. The number of piperidine rings is 1. The summed E-state index contributed by atoms with van der Waals surface area (Å²) in [6, 6.07) is 0.0785. The van der Waals surface area contributed by atoms with E-state index in [0.29, 0.717) is 37.0 Å². The maximum Gasteiger partial charge on any atom is 0.276 e. The largest absolute Gasteiger partial charge is 0.475 e. The summed E-state index contributed by atoms with van der Waals surface area (Å²) in [5.74, 6) is 0.337. The molecule has 0 spiro atoms. The van der Waals surface area contributed by atoms with E-state index in [4.69, 9.17) is 21.4 Å². The minimum Gasteiger partial charge on any atom is -0.475 e. The van der Waals surface area contributed by atoms with Crippen molar-refractivity contribution < 1.29 is 14.6 Å². The highest BCUT2D eigenvalue weighted by molar-refractivity contribution is 6.34. The van der Waals surface area contributed by atoms with E-state index in [1.54, 1.807) is 9.58 Å². The molecule has 20 heavy (non-hydrogen) atoms. The number of ether oxygens (including phenoxy) is 1. The van der Waals surface area contributed by atoms with Gasteiger partial charge in [-0.25, -0.2) is 4.68 Å². The summed E-state index contributed by atoms with van der Waals surface area (Å²) in [4.78, 5) is 14.4. The zero-order chi connectivity index (χ0) is 14.1. The Morgan fingerprint density at radius 1 is 1.45 bits per heavy atom. The van der Waals surface area contributed by atoms with Crippen LogP contribution in [0.3, 0.4) is 0 Å². The molecule has 1 amide bonds. The molecule has 2 aliphatic heterocycles. The zero-order valence-electron chi connectivity index (χ0n) is 11.2. The van der Waals surface area contributed by atoms with Crippen LogP contribution in [0.2, 0.25) is 5.02 Å². The first-order valence-electron chi connectivity index (χ1n) is 7.03. The Morgan fingerprint density at radius 3 is 3.05 bits per heavy atom. The van der Waals surface area contributed by atoms with E-state index in [0.717, 1.165) is 19.3 Å². The van der Waals surface area contributed by atoms with Gasteiger partial charge in [0.25, 0.3) is 5.91 Å². The van der Waals surface area contributed by atoms with Crippen molar-refractivity contribution in [1.29, 1.82) is 0 Å². The van der Waals surface area contributed by atoms with Crippen molar-refractivity contribution in [2.75, 3.05) is 19.8 Å². The summed E-state index contributed by atoms with van der Waals surface area (Å²) in [6.45, 7) is 1.96. The molecule has 3 heterocycles. The van der Waals surface area contributed by atoms with Crippen LogP contribution in [0.25, 0.3) is 0 Å². The molecule has 1 atom stereocenters. The van der Waals surface area contributed by atoms with E-state index in [1.165, 1.54) is 0 Å². The number of likely N-dealkylation sites (tertiary alicyclic amines) is 1. The number of carbonyl (C=O) groups excluding carboxylic acids is 1. The molecule has 3 rings (SSSR count). The number of hydrogen-bond donors (Lipinski definition) is 1. The third-order valence-electron chi connectivity index (χ3n) is 3.95. The number of nitrogens with zero attached hydrogens (tertiary/aromatic N) is 3. The van der Waals surface area contributed by atoms with Gasteiger partial charge in [0.15, 0.2) is 5.69 Å². The Bertz CT molecular complexity index is 515. The van der Waals surface area contributed by atoms with Crippen molar-refractivity contribution in [2.45, 2.75) is 38.3 Å². The maximum atomic E-state index is 12.6. The third-order valence-corrected chi connectivity index (χ3v) is 4.29. The Labute approximate surface area is 122 Å². The first kappa shape index (κ1) is 13.7. The van der Waals surface area contributed by atoms with Gasteiger partial charge in [-0.05, 0) is 25.7 Å². The number of aromatic nitrogens is 2. The van der Waals surface area contributed by atoms with Gasteiger partial charge in [-0.3, -0.25) is 4.79 Å². The predicted molar refractivity (Wildman–Crippen MR) is 73.1 cm³/mol. The molecule has 1 saturated heterocycles. The number of carbonyl (C=O) groups is 1. The molecule has 1 aromatic heterocycles. The van der Waals surface area contributed by atoms with Crippen LogP contribution >= 0.6 is 11.6 Å². The number of aliphatic hydroxyl groups is 1. The first-order chi connectivity index (χ1) is 9.72. The molecule has 7 heteroatoms. The van der Waals surface area contributed by atoms with E-state index in [9.17, 15) is 4.79 Å². The molecule has 1 aromatic rings. The van der Waals surface area contributed by atoms with Crippen LogP contribution in [0, 0.1) is 0 Å². The summed E-state index contributed by atoms with van der Waals surface area (Å²) in [7, 11) is 0. The van der Waals surface area contributed by atoms with Crippen molar-refractivity contribution in [3.8, 4) is 5.88 Å². The van der Waals surface area contributed by atoms with Gasteiger partial charge in [0.2, 0.25) is 5.88 Å². The van der Waals surface area contributed by atoms with Crippen LogP contribution in [-0.4, -0.2) is 51.5 Å². The van der Waals surface area contributed by atoms with Crippen LogP contribution in [-0.2, 0) is 6.54 Å². The van der Waals surface area contributed by atoms with Crippen LogP contribution in [0.5, 0.6) is 5.88 Å². The molecule has 2 aliphatic rings. The van der Waals surface area contributed by atoms with Crippen molar-refractivity contribution in [3.63, 3.8) is 0 Å². The highest BCUT2D eigenvalue weighted by Crippen LogP contribution is 2.33. The third kappa shape index (κ3) is 2.27. The topological polar surface area (TPSA) is 67.6 Å². The number of rotatable bonds is 3. The number of amides is 1. The second-order valence-corrected chi connectivity index (χ2v) is 5.58. The van der Waals surface area contributed by atoms with Gasteiger partial charge in [-0.2, -0.15) is 5.10 Å². The lowest BCUT2D eigenvalue weighted by atomic mass is 9.99. The molecule has 0 bridgehead atoms. The predicted octanol–water partition coefficient (Wildman–Crippen LogP) is 1.31. The van der Waals surface area contributed by atoms with Gasteiger partial charge >= 0.3 is 0 Å². The fourth-order valence-corrected chi connectivity index (χ4v) is 3.20. The van der Waals surface area contributed by atoms with Crippen molar-refractivity contribution >= 4 is 17.5 Å². The minimum atomic E-state index is -0.154. The minimum absolute atomic E-state index is 0.0785. The molecular formula is C13H18ClN3O3. The lowest BCUT2D eigenvalue weighted by molar-refractivity contribution is 0.0567. The first-order valence-corrected chi connectivity index (χ1v) is 7.41. The van der Waals surface area contributed by atoms with E-state index in [1.807, 2.05) is 0 Å². The molecule has 0 saturated carbocycles. The van der Waals surface area contributed by atoms with Gasteiger partial charge in [-0.1, -0.05) is 11.6 Å². The Hall–Kier alpha value is -1.27. The van der Waals surface area contributed by atoms with Gasteiger partial charge in [0.05, 0.1) is 6.54 Å². The summed E-state index contributed by atoms with van der Waals surface area (Å²) in [6.07, 6.45) is 3.60. The number of hydrogen-bond acceptors (Lipinski definition) is 4. The second kappa shape index (κ2) is 5.61.